The molecule has 1 N–H and O–H groups in total. The number of unbranched alkanes of at least 4 members (excludes halogenated alkanes) is 2. The lowest BCUT2D eigenvalue weighted by molar-refractivity contribution is 0.203. The summed E-state index contributed by atoms with van der Waals surface area (Å²) in [5.74, 6) is 2.58. The Morgan fingerprint density at radius 3 is 2.50 bits per heavy atom. The summed E-state index contributed by atoms with van der Waals surface area (Å²) in [6.45, 7) is 6.18. The van der Waals surface area contributed by atoms with Crippen molar-refractivity contribution in [1.82, 2.24) is 10.2 Å². The van der Waals surface area contributed by atoms with E-state index in [4.69, 9.17) is 6.42 Å². The molecule has 14 heavy (non-hydrogen) atoms. The van der Waals surface area contributed by atoms with E-state index in [2.05, 4.69) is 11.2 Å². The van der Waals surface area contributed by atoms with E-state index in [9.17, 15) is 4.79 Å². The van der Waals surface area contributed by atoms with Crippen LogP contribution in [0.5, 0.6) is 0 Å². The van der Waals surface area contributed by atoms with Gasteiger partial charge in [-0.25, -0.2) is 4.79 Å². The molecule has 0 aliphatic rings. The smallest absolute Gasteiger partial charge is 0.317 e. The van der Waals surface area contributed by atoms with Crippen LogP contribution in [0.15, 0.2) is 0 Å². The Hall–Kier alpha value is -1.17. The fourth-order valence-electron chi connectivity index (χ4n) is 1.17. The van der Waals surface area contributed by atoms with Gasteiger partial charge in [0.05, 0.1) is 0 Å². The zero-order chi connectivity index (χ0) is 10.8. The average Bonchev–Trinajstić information content (AvgIpc) is 2.19. The third-order valence-electron chi connectivity index (χ3n) is 2.07. The summed E-state index contributed by atoms with van der Waals surface area (Å²) in [6.07, 6.45) is 7.85. The number of rotatable bonds is 6. The van der Waals surface area contributed by atoms with E-state index in [1.165, 1.54) is 0 Å². The summed E-state index contributed by atoms with van der Waals surface area (Å²) < 4.78 is 0. The van der Waals surface area contributed by atoms with Crippen LogP contribution in [0.2, 0.25) is 0 Å². The van der Waals surface area contributed by atoms with Crippen molar-refractivity contribution >= 4 is 6.03 Å². The lowest BCUT2D eigenvalue weighted by atomic mass is 10.2. The zero-order valence-electron chi connectivity index (χ0n) is 9.18. The standard InChI is InChI=1S/C11H20N2O/c1-4-7-8-9-10-12-11(14)13(5-2)6-3/h1H,5-10H2,2-3H3,(H,12,14). The number of terminal acetylenes is 1. The molecule has 0 aromatic heterocycles. The van der Waals surface area contributed by atoms with E-state index in [0.717, 1.165) is 38.9 Å². The monoisotopic (exact) mass is 196 g/mol. The molecule has 0 rings (SSSR count). The number of carbonyl (C=O) groups is 1. The minimum absolute atomic E-state index is 0.0238. The highest BCUT2D eigenvalue weighted by Gasteiger charge is 2.06. The van der Waals surface area contributed by atoms with Gasteiger partial charge in [-0.15, -0.1) is 12.3 Å². The Balaban J connectivity index is 3.48. The van der Waals surface area contributed by atoms with Crippen molar-refractivity contribution in [3.8, 4) is 12.3 Å². The molecule has 3 heteroatoms. The minimum Gasteiger partial charge on any atom is -0.338 e. The van der Waals surface area contributed by atoms with Gasteiger partial charge in [0, 0.05) is 26.1 Å². The van der Waals surface area contributed by atoms with Gasteiger partial charge in [-0.3, -0.25) is 0 Å². The SMILES string of the molecule is C#CCCCCNC(=O)N(CC)CC. The fourth-order valence-corrected chi connectivity index (χ4v) is 1.17. The number of urea groups is 1. The van der Waals surface area contributed by atoms with Crippen molar-refractivity contribution in [3.63, 3.8) is 0 Å². The molecule has 0 saturated carbocycles. The quantitative estimate of drug-likeness (QED) is 0.510. The van der Waals surface area contributed by atoms with Crippen molar-refractivity contribution < 1.29 is 4.79 Å². The number of hydrogen-bond donors (Lipinski definition) is 1. The van der Waals surface area contributed by atoms with Gasteiger partial charge in [0.25, 0.3) is 0 Å². The first-order chi connectivity index (χ1) is 6.76. The summed E-state index contributed by atoms with van der Waals surface area (Å²) in [7, 11) is 0. The topological polar surface area (TPSA) is 32.3 Å². The number of nitrogens with one attached hydrogen (secondary N) is 1. The van der Waals surface area contributed by atoms with Crippen LogP contribution in [0.3, 0.4) is 0 Å². The van der Waals surface area contributed by atoms with Gasteiger partial charge in [0.15, 0.2) is 0 Å². The van der Waals surface area contributed by atoms with Crippen LogP contribution in [0, 0.1) is 12.3 Å². The largest absolute Gasteiger partial charge is 0.338 e. The van der Waals surface area contributed by atoms with E-state index in [-0.39, 0.29) is 6.03 Å². The van der Waals surface area contributed by atoms with Gasteiger partial charge in [-0.2, -0.15) is 0 Å². The van der Waals surface area contributed by atoms with Crippen LogP contribution < -0.4 is 5.32 Å². The van der Waals surface area contributed by atoms with Crippen LogP contribution in [-0.2, 0) is 0 Å². The van der Waals surface area contributed by atoms with Crippen molar-refractivity contribution in [2.45, 2.75) is 33.1 Å². The third kappa shape index (κ3) is 5.47. The molecule has 0 aliphatic carbocycles. The summed E-state index contributed by atoms with van der Waals surface area (Å²) in [4.78, 5) is 13.2. The van der Waals surface area contributed by atoms with Crippen molar-refractivity contribution in [2.24, 2.45) is 0 Å². The molecule has 0 saturated heterocycles. The van der Waals surface area contributed by atoms with Crippen LogP contribution >= 0.6 is 0 Å². The molecule has 3 nitrogen and oxygen atoms in total. The first-order valence-electron chi connectivity index (χ1n) is 5.22. The first kappa shape index (κ1) is 12.8. The number of nitrogens with zero attached hydrogens (tertiary/aromatic N) is 1. The Morgan fingerprint density at radius 1 is 1.36 bits per heavy atom. The lowest BCUT2D eigenvalue weighted by Crippen LogP contribution is -2.40. The fraction of sp³-hybridized carbons (Fsp3) is 0.727. The summed E-state index contributed by atoms with van der Waals surface area (Å²) in [6, 6.07) is 0.0238. The van der Waals surface area contributed by atoms with E-state index < -0.39 is 0 Å². The first-order valence-corrected chi connectivity index (χ1v) is 5.22. The zero-order valence-corrected chi connectivity index (χ0v) is 9.18. The molecule has 0 spiro atoms. The number of amides is 2. The van der Waals surface area contributed by atoms with Crippen molar-refractivity contribution in [2.75, 3.05) is 19.6 Å². The summed E-state index contributed by atoms with van der Waals surface area (Å²) in [5, 5.41) is 2.86. The lowest BCUT2D eigenvalue weighted by Gasteiger charge is -2.18. The molecule has 0 fully saturated rings. The second-order valence-electron chi connectivity index (χ2n) is 3.07. The van der Waals surface area contributed by atoms with Crippen LogP contribution in [0.25, 0.3) is 0 Å². The van der Waals surface area contributed by atoms with Crippen LogP contribution in [-0.4, -0.2) is 30.6 Å². The Bertz CT molecular complexity index is 192. The van der Waals surface area contributed by atoms with Gasteiger partial charge in [-0.05, 0) is 26.7 Å². The summed E-state index contributed by atoms with van der Waals surface area (Å²) in [5.41, 5.74) is 0. The Morgan fingerprint density at radius 2 is 2.00 bits per heavy atom. The average molecular weight is 196 g/mol. The van der Waals surface area contributed by atoms with Crippen molar-refractivity contribution in [3.05, 3.63) is 0 Å². The Labute approximate surface area is 86.9 Å². The van der Waals surface area contributed by atoms with Gasteiger partial charge in [0.2, 0.25) is 0 Å². The number of hydrogen-bond acceptors (Lipinski definition) is 1. The molecule has 0 radical (unpaired) electrons. The molecule has 0 aromatic rings. The highest BCUT2D eigenvalue weighted by molar-refractivity contribution is 5.73. The van der Waals surface area contributed by atoms with Crippen LogP contribution in [0.1, 0.15) is 33.1 Å². The predicted octanol–water partition coefficient (Wildman–Crippen LogP) is 1.84. The maximum absolute atomic E-state index is 11.4. The molecule has 2 amide bonds. The molecule has 0 aliphatic heterocycles. The van der Waals surface area contributed by atoms with Gasteiger partial charge < -0.3 is 10.2 Å². The van der Waals surface area contributed by atoms with Gasteiger partial charge >= 0.3 is 6.03 Å². The predicted molar refractivity (Wildman–Crippen MR) is 59.0 cm³/mol. The molecule has 0 heterocycles. The minimum atomic E-state index is 0.0238. The molecular formula is C11H20N2O. The molecule has 0 atom stereocenters. The van der Waals surface area contributed by atoms with Crippen molar-refractivity contribution in [1.29, 1.82) is 0 Å². The van der Waals surface area contributed by atoms with Gasteiger partial charge in [-0.1, -0.05) is 0 Å². The highest BCUT2D eigenvalue weighted by Crippen LogP contribution is 1.93. The van der Waals surface area contributed by atoms with E-state index in [0.29, 0.717) is 0 Å². The normalized spacial score (nSPS) is 9.21. The maximum Gasteiger partial charge on any atom is 0.317 e. The molecular weight excluding hydrogens is 176 g/mol. The molecule has 80 valence electrons. The van der Waals surface area contributed by atoms with Gasteiger partial charge in [0.1, 0.15) is 0 Å². The molecule has 0 aromatic carbocycles. The molecule has 0 bridgehead atoms. The maximum atomic E-state index is 11.4. The second-order valence-corrected chi connectivity index (χ2v) is 3.07. The van der Waals surface area contributed by atoms with Crippen LogP contribution in [0.4, 0.5) is 4.79 Å². The van der Waals surface area contributed by atoms with E-state index in [1.54, 1.807) is 4.90 Å². The highest BCUT2D eigenvalue weighted by atomic mass is 16.2. The summed E-state index contributed by atoms with van der Waals surface area (Å²) >= 11 is 0. The second kappa shape index (κ2) is 8.43. The Kier molecular flexibility index (Phi) is 7.72. The number of carbonyl (C=O) groups excluding carboxylic acids is 1. The van der Waals surface area contributed by atoms with E-state index >= 15 is 0 Å². The molecule has 0 unspecified atom stereocenters. The van der Waals surface area contributed by atoms with E-state index in [1.807, 2.05) is 13.8 Å². The third-order valence-corrected chi connectivity index (χ3v) is 2.07.